The van der Waals surface area contributed by atoms with Crippen molar-refractivity contribution in [3.63, 3.8) is 0 Å². The van der Waals surface area contributed by atoms with Gasteiger partial charge in [-0.15, -0.1) is 0 Å². The highest BCUT2D eigenvalue weighted by molar-refractivity contribution is 5.52. The van der Waals surface area contributed by atoms with Gasteiger partial charge in [0.25, 0.3) is 0 Å². The first-order chi connectivity index (χ1) is 12.7. The molecule has 4 heterocycles. The third-order valence-corrected chi connectivity index (χ3v) is 5.23. The Hall–Kier alpha value is -2.41. The zero-order chi connectivity index (χ0) is 17.9. The quantitative estimate of drug-likeness (QED) is 0.895. The zero-order valence-electron chi connectivity index (χ0n) is 15.3. The van der Waals surface area contributed by atoms with Crippen LogP contribution in [0.3, 0.4) is 0 Å². The highest BCUT2D eigenvalue weighted by Crippen LogP contribution is 2.23. The average Bonchev–Trinajstić information content (AvgIpc) is 2.95. The van der Waals surface area contributed by atoms with Crippen LogP contribution in [0.5, 0.6) is 0 Å². The average molecular weight is 354 g/mol. The van der Waals surface area contributed by atoms with Crippen molar-refractivity contribution in [2.24, 2.45) is 0 Å². The normalized spacial score (nSPS) is 21.2. The second kappa shape index (κ2) is 7.45. The molecule has 0 aromatic carbocycles. The van der Waals surface area contributed by atoms with Crippen molar-refractivity contribution in [3.8, 4) is 0 Å². The summed E-state index contributed by atoms with van der Waals surface area (Å²) in [6, 6.07) is 4.03. The van der Waals surface area contributed by atoms with Gasteiger partial charge in [-0.05, 0) is 37.5 Å². The van der Waals surface area contributed by atoms with Crippen LogP contribution in [-0.4, -0.2) is 65.4 Å². The van der Waals surface area contributed by atoms with E-state index in [2.05, 4.69) is 37.7 Å². The second-order valence-electron chi connectivity index (χ2n) is 7.09. The van der Waals surface area contributed by atoms with Gasteiger partial charge in [0.2, 0.25) is 5.95 Å². The van der Waals surface area contributed by atoms with Crippen molar-refractivity contribution >= 4 is 17.5 Å². The molecule has 1 N–H and O–H groups in total. The van der Waals surface area contributed by atoms with E-state index in [1.165, 1.54) is 11.3 Å². The monoisotopic (exact) mass is 354 g/mol. The van der Waals surface area contributed by atoms with Crippen LogP contribution in [0.4, 0.5) is 17.5 Å². The van der Waals surface area contributed by atoms with Gasteiger partial charge in [-0.2, -0.15) is 4.98 Å². The van der Waals surface area contributed by atoms with Crippen LogP contribution in [0.25, 0.3) is 0 Å². The smallest absolute Gasteiger partial charge is 0.227 e. The molecule has 138 valence electrons. The van der Waals surface area contributed by atoms with E-state index in [0.29, 0.717) is 6.54 Å². The molecule has 0 spiro atoms. The number of rotatable bonds is 3. The van der Waals surface area contributed by atoms with E-state index in [-0.39, 0.29) is 6.10 Å². The van der Waals surface area contributed by atoms with Crippen molar-refractivity contribution in [2.75, 3.05) is 54.0 Å². The Labute approximate surface area is 154 Å². The molecule has 1 atom stereocenters. The Bertz CT molecular complexity index is 754. The first kappa shape index (κ1) is 17.0. The lowest BCUT2D eigenvalue weighted by Gasteiger charge is -2.25. The minimum atomic E-state index is -0.247. The SMILES string of the molecule is Cc1cnccc1N1CCCN(c2nccc(N3CC[C@H](O)C3)n2)CC1. The van der Waals surface area contributed by atoms with Gasteiger partial charge in [-0.25, -0.2) is 4.98 Å². The Kier molecular flexibility index (Phi) is 4.88. The predicted molar refractivity (Wildman–Crippen MR) is 103 cm³/mol. The van der Waals surface area contributed by atoms with E-state index >= 15 is 0 Å². The Morgan fingerprint density at radius 1 is 1.00 bits per heavy atom. The van der Waals surface area contributed by atoms with Crippen molar-refractivity contribution < 1.29 is 5.11 Å². The van der Waals surface area contributed by atoms with Crippen molar-refractivity contribution in [1.29, 1.82) is 0 Å². The standard InChI is InChI=1S/C19H26N6O/c1-15-13-20-6-3-17(15)23-8-2-9-24(12-11-23)19-21-7-4-18(22-19)25-10-5-16(26)14-25/h3-4,6-7,13,16,26H,2,5,8-12,14H2,1H3/t16-/m0/s1. The predicted octanol–water partition coefficient (Wildman–Crippen LogP) is 1.47. The number of hydrogen-bond donors (Lipinski definition) is 1. The summed E-state index contributed by atoms with van der Waals surface area (Å²) in [5.41, 5.74) is 2.48. The largest absolute Gasteiger partial charge is 0.391 e. The Balaban J connectivity index is 1.47. The maximum atomic E-state index is 9.77. The van der Waals surface area contributed by atoms with Gasteiger partial charge in [-0.1, -0.05) is 0 Å². The molecule has 2 saturated heterocycles. The highest BCUT2D eigenvalue weighted by Gasteiger charge is 2.23. The molecular formula is C19H26N6O. The van der Waals surface area contributed by atoms with E-state index < -0.39 is 0 Å². The topological polar surface area (TPSA) is 68.6 Å². The summed E-state index contributed by atoms with van der Waals surface area (Å²) in [5.74, 6) is 1.70. The fourth-order valence-corrected chi connectivity index (χ4v) is 3.80. The summed E-state index contributed by atoms with van der Waals surface area (Å²) in [6.07, 6.45) is 7.25. The molecule has 0 bridgehead atoms. The van der Waals surface area contributed by atoms with E-state index in [9.17, 15) is 5.11 Å². The van der Waals surface area contributed by atoms with E-state index in [1.54, 1.807) is 0 Å². The molecule has 0 amide bonds. The molecular weight excluding hydrogens is 328 g/mol. The molecule has 0 saturated carbocycles. The summed E-state index contributed by atoms with van der Waals surface area (Å²) >= 11 is 0. The van der Waals surface area contributed by atoms with Gasteiger partial charge in [0.05, 0.1) is 6.10 Å². The van der Waals surface area contributed by atoms with Gasteiger partial charge in [0, 0.05) is 63.5 Å². The summed E-state index contributed by atoms with van der Waals surface area (Å²) in [6.45, 7) is 7.45. The molecule has 7 heteroatoms. The minimum Gasteiger partial charge on any atom is -0.391 e. The second-order valence-corrected chi connectivity index (χ2v) is 7.09. The van der Waals surface area contributed by atoms with Crippen LogP contribution in [0, 0.1) is 6.92 Å². The highest BCUT2D eigenvalue weighted by atomic mass is 16.3. The number of anilines is 3. The fourth-order valence-electron chi connectivity index (χ4n) is 3.80. The number of aromatic nitrogens is 3. The van der Waals surface area contributed by atoms with Crippen molar-refractivity contribution in [1.82, 2.24) is 15.0 Å². The van der Waals surface area contributed by atoms with Gasteiger partial charge in [0.1, 0.15) is 5.82 Å². The van der Waals surface area contributed by atoms with E-state index in [4.69, 9.17) is 4.98 Å². The van der Waals surface area contributed by atoms with Crippen LogP contribution < -0.4 is 14.7 Å². The summed E-state index contributed by atoms with van der Waals surface area (Å²) < 4.78 is 0. The first-order valence-electron chi connectivity index (χ1n) is 9.37. The summed E-state index contributed by atoms with van der Waals surface area (Å²) in [7, 11) is 0. The minimum absolute atomic E-state index is 0.247. The molecule has 7 nitrogen and oxygen atoms in total. The molecule has 2 aliphatic rings. The van der Waals surface area contributed by atoms with Gasteiger partial charge in [0.15, 0.2) is 0 Å². The molecule has 0 radical (unpaired) electrons. The van der Waals surface area contributed by atoms with Gasteiger partial charge >= 0.3 is 0 Å². The Morgan fingerprint density at radius 2 is 1.85 bits per heavy atom. The maximum Gasteiger partial charge on any atom is 0.227 e. The number of aryl methyl sites for hydroxylation is 1. The molecule has 2 fully saturated rings. The zero-order valence-corrected chi connectivity index (χ0v) is 15.3. The lowest BCUT2D eigenvalue weighted by Crippen LogP contribution is -2.32. The van der Waals surface area contributed by atoms with Gasteiger partial charge < -0.3 is 19.8 Å². The maximum absolute atomic E-state index is 9.77. The Morgan fingerprint density at radius 3 is 2.65 bits per heavy atom. The van der Waals surface area contributed by atoms with E-state index in [0.717, 1.165) is 57.3 Å². The summed E-state index contributed by atoms with van der Waals surface area (Å²) in [4.78, 5) is 20.3. The fraction of sp³-hybridized carbons (Fsp3) is 0.526. The third-order valence-electron chi connectivity index (χ3n) is 5.23. The van der Waals surface area contributed by atoms with Crippen LogP contribution in [-0.2, 0) is 0 Å². The lowest BCUT2D eigenvalue weighted by atomic mass is 10.2. The number of β-amino-alcohol motifs (C(OH)–C–C–N with tert-alkyl or cyclic N) is 1. The molecule has 2 aliphatic heterocycles. The van der Waals surface area contributed by atoms with Crippen molar-refractivity contribution in [3.05, 3.63) is 36.3 Å². The number of pyridine rings is 1. The van der Waals surface area contributed by atoms with Crippen LogP contribution in [0.1, 0.15) is 18.4 Å². The molecule has 0 aliphatic carbocycles. The first-order valence-corrected chi connectivity index (χ1v) is 9.37. The molecule has 2 aromatic rings. The van der Waals surface area contributed by atoms with E-state index in [1.807, 2.05) is 24.7 Å². The number of hydrogen-bond acceptors (Lipinski definition) is 7. The summed E-state index contributed by atoms with van der Waals surface area (Å²) in [5, 5.41) is 9.77. The van der Waals surface area contributed by atoms with Crippen molar-refractivity contribution in [2.45, 2.75) is 25.9 Å². The number of nitrogens with zero attached hydrogens (tertiary/aromatic N) is 6. The molecule has 2 aromatic heterocycles. The molecule has 4 rings (SSSR count). The number of aliphatic hydroxyl groups is 1. The van der Waals surface area contributed by atoms with Crippen LogP contribution in [0.15, 0.2) is 30.7 Å². The molecule has 26 heavy (non-hydrogen) atoms. The number of aliphatic hydroxyl groups excluding tert-OH is 1. The molecule has 0 unspecified atom stereocenters. The lowest BCUT2D eigenvalue weighted by molar-refractivity contribution is 0.198. The third kappa shape index (κ3) is 3.58. The van der Waals surface area contributed by atoms with Crippen LogP contribution >= 0.6 is 0 Å². The van der Waals surface area contributed by atoms with Gasteiger partial charge in [-0.3, -0.25) is 4.98 Å². The van der Waals surface area contributed by atoms with Crippen LogP contribution in [0.2, 0.25) is 0 Å².